The van der Waals surface area contributed by atoms with Crippen LogP contribution in [0.2, 0.25) is 0 Å². The molecule has 2 aliphatic heterocycles. The molecular formula is C19H27N3O4. The highest BCUT2D eigenvalue weighted by atomic mass is 16.5. The molecule has 0 spiro atoms. The number of aryl methyl sites for hydroxylation is 1. The van der Waals surface area contributed by atoms with E-state index in [4.69, 9.17) is 9.47 Å². The summed E-state index contributed by atoms with van der Waals surface area (Å²) in [5, 5.41) is 2.97. The zero-order valence-electron chi connectivity index (χ0n) is 15.5. The Hall–Kier alpha value is -2.12. The number of amides is 2. The van der Waals surface area contributed by atoms with Crippen LogP contribution < -0.4 is 15.0 Å². The fraction of sp³-hybridized carbons (Fsp3) is 0.579. The molecule has 0 saturated carbocycles. The molecule has 142 valence electrons. The third kappa shape index (κ3) is 4.34. The van der Waals surface area contributed by atoms with Crippen LogP contribution in [0.1, 0.15) is 12.0 Å². The Kier molecular flexibility index (Phi) is 6.11. The number of rotatable bonds is 6. The number of benzene rings is 1. The van der Waals surface area contributed by atoms with Crippen LogP contribution in [0.5, 0.6) is 5.75 Å². The van der Waals surface area contributed by atoms with Crippen molar-refractivity contribution in [2.75, 3.05) is 57.9 Å². The first kappa shape index (κ1) is 18.7. The van der Waals surface area contributed by atoms with E-state index < -0.39 is 0 Å². The second-order valence-electron chi connectivity index (χ2n) is 6.83. The molecule has 2 heterocycles. The van der Waals surface area contributed by atoms with Crippen molar-refractivity contribution in [1.82, 2.24) is 10.2 Å². The van der Waals surface area contributed by atoms with Crippen molar-refractivity contribution in [2.24, 2.45) is 5.92 Å². The number of carbonyl (C=O) groups excluding carboxylic acids is 2. The third-order valence-electron chi connectivity index (χ3n) is 4.95. The quantitative estimate of drug-likeness (QED) is 0.812. The number of nitrogens with one attached hydrogen (secondary N) is 1. The van der Waals surface area contributed by atoms with Gasteiger partial charge in [0.15, 0.2) is 0 Å². The number of anilines is 1. The Labute approximate surface area is 154 Å². The molecule has 0 aliphatic carbocycles. The number of methoxy groups -OCH3 is 1. The molecule has 7 heteroatoms. The van der Waals surface area contributed by atoms with E-state index >= 15 is 0 Å². The van der Waals surface area contributed by atoms with E-state index in [0.717, 1.165) is 44.1 Å². The fourth-order valence-electron chi connectivity index (χ4n) is 3.43. The molecule has 2 fully saturated rings. The molecule has 1 unspecified atom stereocenters. The second-order valence-corrected chi connectivity index (χ2v) is 6.83. The van der Waals surface area contributed by atoms with Crippen molar-refractivity contribution in [1.29, 1.82) is 0 Å². The van der Waals surface area contributed by atoms with Crippen LogP contribution in [0.15, 0.2) is 18.2 Å². The highest BCUT2D eigenvalue weighted by Crippen LogP contribution is 2.33. The van der Waals surface area contributed by atoms with E-state index in [2.05, 4.69) is 10.2 Å². The number of hydrogen-bond acceptors (Lipinski definition) is 5. The van der Waals surface area contributed by atoms with Crippen LogP contribution >= 0.6 is 0 Å². The van der Waals surface area contributed by atoms with Crippen LogP contribution in [0.25, 0.3) is 0 Å². The maximum atomic E-state index is 12.5. The number of ether oxygens (including phenoxy) is 2. The highest BCUT2D eigenvalue weighted by molar-refractivity contribution is 6.01. The van der Waals surface area contributed by atoms with E-state index in [1.165, 1.54) is 0 Å². The molecule has 26 heavy (non-hydrogen) atoms. The van der Waals surface area contributed by atoms with Crippen molar-refractivity contribution >= 4 is 17.5 Å². The summed E-state index contributed by atoms with van der Waals surface area (Å²) in [5.41, 5.74) is 1.79. The molecule has 2 aliphatic rings. The van der Waals surface area contributed by atoms with Crippen LogP contribution in [-0.2, 0) is 14.3 Å². The smallest absolute Gasteiger partial charge is 0.227 e. The summed E-state index contributed by atoms with van der Waals surface area (Å²) < 4.78 is 10.7. The van der Waals surface area contributed by atoms with Gasteiger partial charge in [-0.15, -0.1) is 0 Å². The summed E-state index contributed by atoms with van der Waals surface area (Å²) in [6.45, 7) is 7.07. The van der Waals surface area contributed by atoms with Crippen molar-refractivity contribution < 1.29 is 19.1 Å². The van der Waals surface area contributed by atoms with Gasteiger partial charge in [-0.05, 0) is 24.6 Å². The van der Waals surface area contributed by atoms with Gasteiger partial charge in [-0.3, -0.25) is 14.5 Å². The first-order chi connectivity index (χ1) is 12.6. The molecule has 3 rings (SSSR count). The lowest BCUT2D eigenvalue weighted by atomic mass is 10.1. The minimum atomic E-state index is -0.322. The molecule has 0 radical (unpaired) electrons. The summed E-state index contributed by atoms with van der Waals surface area (Å²) >= 11 is 0. The predicted molar refractivity (Wildman–Crippen MR) is 98.5 cm³/mol. The molecule has 1 aromatic rings. The van der Waals surface area contributed by atoms with Gasteiger partial charge < -0.3 is 19.7 Å². The van der Waals surface area contributed by atoms with Crippen LogP contribution in [-0.4, -0.2) is 69.8 Å². The van der Waals surface area contributed by atoms with Crippen molar-refractivity contribution in [2.45, 2.75) is 13.3 Å². The molecular weight excluding hydrogens is 334 g/mol. The Morgan fingerprint density at radius 3 is 2.85 bits per heavy atom. The first-order valence-corrected chi connectivity index (χ1v) is 9.11. The summed E-state index contributed by atoms with van der Waals surface area (Å²) in [5.74, 6) is 0.234. The summed E-state index contributed by atoms with van der Waals surface area (Å²) in [6.07, 6.45) is 0.237. The Balaban J connectivity index is 1.55. The van der Waals surface area contributed by atoms with Gasteiger partial charge in [-0.2, -0.15) is 0 Å². The van der Waals surface area contributed by atoms with Gasteiger partial charge in [-0.1, -0.05) is 6.07 Å². The predicted octanol–water partition coefficient (Wildman–Crippen LogP) is 0.805. The fourth-order valence-corrected chi connectivity index (χ4v) is 3.43. The number of morpholine rings is 1. The maximum absolute atomic E-state index is 12.5. The van der Waals surface area contributed by atoms with Gasteiger partial charge in [0.05, 0.1) is 31.9 Å². The van der Waals surface area contributed by atoms with Crippen molar-refractivity contribution in [3.63, 3.8) is 0 Å². The molecule has 0 bridgehead atoms. The molecule has 1 N–H and O–H groups in total. The number of nitrogens with zero attached hydrogens (tertiary/aromatic N) is 2. The van der Waals surface area contributed by atoms with Gasteiger partial charge in [0.25, 0.3) is 0 Å². The van der Waals surface area contributed by atoms with Gasteiger partial charge in [-0.25, -0.2) is 0 Å². The maximum Gasteiger partial charge on any atom is 0.227 e. The van der Waals surface area contributed by atoms with Gasteiger partial charge >= 0.3 is 0 Å². The summed E-state index contributed by atoms with van der Waals surface area (Å²) in [7, 11) is 1.59. The van der Waals surface area contributed by atoms with Gasteiger partial charge in [0.1, 0.15) is 5.75 Å². The summed E-state index contributed by atoms with van der Waals surface area (Å²) in [6, 6.07) is 5.72. The number of hydrogen-bond donors (Lipinski definition) is 1. The standard InChI is InChI=1S/C19H27N3O4/c1-14-3-4-17(25-2)16(11-14)22-13-15(12-18(22)23)19(24)20-5-6-21-7-9-26-10-8-21/h3-4,11,15H,5-10,12-13H2,1-2H3,(H,20,24). The molecule has 7 nitrogen and oxygen atoms in total. The first-order valence-electron chi connectivity index (χ1n) is 9.11. The second kappa shape index (κ2) is 8.51. The van der Waals surface area contributed by atoms with E-state index in [0.29, 0.717) is 18.8 Å². The zero-order chi connectivity index (χ0) is 18.5. The van der Waals surface area contributed by atoms with Crippen molar-refractivity contribution in [3.8, 4) is 5.75 Å². The molecule has 1 atom stereocenters. The van der Waals surface area contributed by atoms with E-state index in [1.54, 1.807) is 12.0 Å². The van der Waals surface area contributed by atoms with Crippen molar-refractivity contribution in [3.05, 3.63) is 23.8 Å². The lowest BCUT2D eigenvalue weighted by Crippen LogP contribution is -2.42. The van der Waals surface area contributed by atoms with Crippen LogP contribution in [0.4, 0.5) is 5.69 Å². The topological polar surface area (TPSA) is 71.1 Å². The minimum absolute atomic E-state index is 0.0396. The van der Waals surface area contributed by atoms with E-state index in [1.807, 2.05) is 25.1 Å². The summed E-state index contributed by atoms with van der Waals surface area (Å²) in [4.78, 5) is 28.9. The van der Waals surface area contributed by atoms with E-state index in [9.17, 15) is 9.59 Å². The monoisotopic (exact) mass is 361 g/mol. The average Bonchev–Trinajstić information content (AvgIpc) is 3.04. The van der Waals surface area contributed by atoms with Crippen LogP contribution in [0.3, 0.4) is 0 Å². The zero-order valence-corrected chi connectivity index (χ0v) is 15.5. The largest absolute Gasteiger partial charge is 0.495 e. The average molecular weight is 361 g/mol. The molecule has 2 saturated heterocycles. The lowest BCUT2D eigenvalue weighted by molar-refractivity contribution is -0.126. The minimum Gasteiger partial charge on any atom is -0.495 e. The SMILES string of the molecule is COc1ccc(C)cc1N1CC(C(=O)NCCN2CCOCC2)CC1=O. The Morgan fingerprint density at radius 2 is 2.12 bits per heavy atom. The normalized spacial score (nSPS) is 21.1. The van der Waals surface area contributed by atoms with Gasteiger partial charge in [0, 0.05) is 39.1 Å². The van der Waals surface area contributed by atoms with Crippen LogP contribution in [0, 0.1) is 12.8 Å². The third-order valence-corrected chi connectivity index (χ3v) is 4.95. The lowest BCUT2D eigenvalue weighted by Gasteiger charge is -2.26. The Bertz CT molecular complexity index is 658. The molecule has 0 aromatic heterocycles. The van der Waals surface area contributed by atoms with E-state index in [-0.39, 0.29) is 24.2 Å². The highest BCUT2D eigenvalue weighted by Gasteiger charge is 2.36. The Morgan fingerprint density at radius 1 is 1.35 bits per heavy atom. The van der Waals surface area contributed by atoms with Gasteiger partial charge in [0.2, 0.25) is 11.8 Å². The molecule has 2 amide bonds. The molecule has 1 aromatic carbocycles. The number of carbonyl (C=O) groups is 2.